The number of anilines is 2. The molecule has 0 aliphatic heterocycles. The number of benzene rings is 4. The molecule has 0 aromatic heterocycles. The number of halogens is 2. The van der Waals surface area contributed by atoms with Gasteiger partial charge in [-0.05, 0) is 65.7 Å². The lowest BCUT2D eigenvalue weighted by molar-refractivity contribution is 0.0594. The summed E-state index contributed by atoms with van der Waals surface area (Å²) in [7, 11) is 2.82. The van der Waals surface area contributed by atoms with Gasteiger partial charge in [0.2, 0.25) is 0 Å². The van der Waals surface area contributed by atoms with Crippen LogP contribution in [0, 0.1) is 0 Å². The zero-order valence-corrected chi connectivity index (χ0v) is 22.0. The van der Waals surface area contributed by atoms with Crippen LogP contribution in [-0.4, -0.2) is 26.2 Å². The standard InChI is InChI=1S/C29H24Cl2N2O5/c1-36-24-5-3-4-22(16-24)32-29(35)33-23-14-15-26(25(17-23)28(34)37-2)38-27(18-6-10-20(30)11-7-18)19-8-12-21(31)13-9-19/h3-17,27H,1-2H3,(H2,32,33,35). The molecule has 2 N–H and O–H groups in total. The second-order valence-electron chi connectivity index (χ2n) is 8.11. The summed E-state index contributed by atoms with van der Waals surface area (Å²) in [6, 6.07) is 25.6. The number of carbonyl (C=O) groups excluding carboxylic acids is 2. The third-order valence-electron chi connectivity index (χ3n) is 5.56. The van der Waals surface area contributed by atoms with Gasteiger partial charge in [-0.1, -0.05) is 53.5 Å². The second kappa shape index (κ2) is 12.4. The van der Waals surface area contributed by atoms with Gasteiger partial charge in [0, 0.05) is 27.5 Å². The number of carbonyl (C=O) groups is 2. The molecule has 2 amide bonds. The lowest BCUT2D eigenvalue weighted by atomic mass is 10.0. The van der Waals surface area contributed by atoms with Crippen LogP contribution in [0.25, 0.3) is 0 Å². The van der Waals surface area contributed by atoms with E-state index >= 15 is 0 Å². The highest BCUT2D eigenvalue weighted by Gasteiger charge is 2.22. The Morgan fingerprint density at radius 3 is 1.87 bits per heavy atom. The van der Waals surface area contributed by atoms with E-state index < -0.39 is 18.1 Å². The van der Waals surface area contributed by atoms with Crippen molar-refractivity contribution in [2.45, 2.75) is 6.10 Å². The van der Waals surface area contributed by atoms with Gasteiger partial charge in [-0.2, -0.15) is 0 Å². The highest BCUT2D eigenvalue weighted by molar-refractivity contribution is 6.30. The van der Waals surface area contributed by atoms with E-state index in [2.05, 4.69) is 10.6 Å². The van der Waals surface area contributed by atoms with Crippen LogP contribution < -0.4 is 20.1 Å². The fourth-order valence-electron chi connectivity index (χ4n) is 3.70. The summed E-state index contributed by atoms with van der Waals surface area (Å²) in [5.41, 5.74) is 2.68. The normalized spacial score (nSPS) is 10.6. The average Bonchev–Trinajstić information content (AvgIpc) is 2.93. The zero-order valence-electron chi connectivity index (χ0n) is 20.5. The van der Waals surface area contributed by atoms with E-state index in [9.17, 15) is 9.59 Å². The molecule has 0 aliphatic rings. The lowest BCUT2D eigenvalue weighted by Crippen LogP contribution is -2.20. The van der Waals surface area contributed by atoms with E-state index in [-0.39, 0.29) is 11.3 Å². The first-order valence-corrected chi connectivity index (χ1v) is 12.2. The van der Waals surface area contributed by atoms with Gasteiger partial charge in [0.15, 0.2) is 0 Å². The van der Waals surface area contributed by atoms with Crippen molar-refractivity contribution in [2.24, 2.45) is 0 Å². The number of amides is 2. The lowest BCUT2D eigenvalue weighted by Gasteiger charge is -2.22. The third-order valence-corrected chi connectivity index (χ3v) is 6.06. The SMILES string of the molecule is COC(=O)c1cc(NC(=O)Nc2cccc(OC)c2)ccc1OC(c1ccc(Cl)cc1)c1ccc(Cl)cc1. The molecule has 0 saturated heterocycles. The third kappa shape index (κ3) is 6.76. The Hall–Kier alpha value is -4.20. The average molecular weight is 551 g/mol. The summed E-state index contributed by atoms with van der Waals surface area (Å²) in [4.78, 5) is 25.3. The Bertz CT molecular complexity index is 1380. The smallest absolute Gasteiger partial charge is 0.341 e. The van der Waals surface area contributed by atoms with Crippen LogP contribution in [0.2, 0.25) is 10.0 Å². The number of urea groups is 1. The highest BCUT2D eigenvalue weighted by Crippen LogP contribution is 2.33. The number of methoxy groups -OCH3 is 2. The van der Waals surface area contributed by atoms with Crippen LogP contribution in [-0.2, 0) is 4.74 Å². The van der Waals surface area contributed by atoms with Gasteiger partial charge < -0.3 is 24.8 Å². The molecular formula is C29H24Cl2N2O5. The van der Waals surface area contributed by atoms with Gasteiger partial charge >= 0.3 is 12.0 Å². The van der Waals surface area contributed by atoms with Gasteiger partial charge in [-0.25, -0.2) is 9.59 Å². The number of nitrogens with one attached hydrogen (secondary N) is 2. The molecule has 7 nitrogen and oxygen atoms in total. The molecule has 0 spiro atoms. The largest absolute Gasteiger partial charge is 0.497 e. The summed E-state index contributed by atoms with van der Waals surface area (Å²) in [5.74, 6) is 0.251. The van der Waals surface area contributed by atoms with Crippen molar-refractivity contribution >= 4 is 46.6 Å². The highest BCUT2D eigenvalue weighted by atomic mass is 35.5. The summed E-state index contributed by atoms with van der Waals surface area (Å²) >= 11 is 12.2. The Morgan fingerprint density at radius 2 is 1.32 bits per heavy atom. The number of hydrogen-bond donors (Lipinski definition) is 2. The van der Waals surface area contributed by atoms with E-state index in [1.54, 1.807) is 67.8 Å². The van der Waals surface area contributed by atoms with E-state index in [0.29, 0.717) is 27.2 Å². The summed E-state index contributed by atoms with van der Waals surface area (Å²) in [5, 5.41) is 6.62. The first kappa shape index (κ1) is 26.9. The minimum Gasteiger partial charge on any atom is -0.497 e. The van der Waals surface area contributed by atoms with Crippen molar-refractivity contribution in [2.75, 3.05) is 24.9 Å². The van der Waals surface area contributed by atoms with Gasteiger partial charge in [-0.3, -0.25) is 0 Å². The van der Waals surface area contributed by atoms with Crippen LogP contribution in [0.1, 0.15) is 27.6 Å². The van der Waals surface area contributed by atoms with E-state index in [1.165, 1.54) is 13.2 Å². The molecule has 0 unspecified atom stereocenters. The maximum absolute atomic E-state index is 12.7. The van der Waals surface area contributed by atoms with Gasteiger partial charge in [0.05, 0.1) is 14.2 Å². The minimum atomic E-state index is -0.622. The zero-order chi connectivity index (χ0) is 27.1. The Morgan fingerprint density at radius 1 is 0.737 bits per heavy atom. The fourth-order valence-corrected chi connectivity index (χ4v) is 3.96. The first-order chi connectivity index (χ1) is 18.4. The van der Waals surface area contributed by atoms with Crippen LogP contribution in [0.5, 0.6) is 11.5 Å². The molecule has 0 atom stereocenters. The fraction of sp³-hybridized carbons (Fsp3) is 0.103. The second-order valence-corrected chi connectivity index (χ2v) is 8.99. The van der Waals surface area contributed by atoms with Crippen molar-refractivity contribution < 1.29 is 23.8 Å². The molecule has 0 fully saturated rings. The number of hydrogen-bond acceptors (Lipinski definition) is 5. The molecule has 9 heteroatoms. The van der Waals surface area contributed by atoms with Crippen LogP contribution in [0.15, 0.2) is 91.0 Å². The molecule has 0 saturated carbocycles. The van der Waals surface area contributed by atoms with Crippen molar-refractivity contribution in [3.63, 3.8) is 0 Å². The predicted octanol–water partition coefficient (Wildman–Crippen LogP) is 7.60. The van der Waals surface area contributed by atoms with Crippen molar-refractivity contribution in [3.8, 4) is 11.5 Å². The predicted molar refractivity (Wildman–Crippen MR) is 149 cm³/mol. The number of esters is 1. The van der Waals surface area contributed by atoms with E-state index in [1.807, 2.05) is 24.3 Å². The quantitative estimate of drug-likeness (QED) is 0.220. The molecule has 38 heavy (non-hydrogen) atoms. The Balaban J connectivity index is 1.61. The number of rotatable bonds is 8. The van der Waals surface area contributed by atoms with Crippen molar-refractivity contribution in [1.29, 1.82) is 0 Å². The Kier molecular flexibility index (Phi) is 8.73. The monoisotopic (exact) mass is 550 g/mol. The van der Waals surface area contributed by atoms with E-state index in [0.717, 1.165) is 11.1 Å². The molecule has 0 aliphatic carbocycles. The summed E-state index contributed by atoms with van der Waals surface area (Å²) in [6.07, 6.45) is -0.580. The summed E-state index contributed by atoms with van der Waals surface area (Å²) < 4.78 is 16.5. The summed E-state index contributed by atoms with van der Waals surface area (Å²) in [6.45, 7) is 0. The molecule has 0 radical (unpaired) electrons. The minimum absolute atomic E-state index is 0.139. The molecule has 0 bridgehead atoms. The van der Waals surface area contributed by atoms with E-state index in [4.69, 9.17) is 37.4 Å². The Labute approximate surface area is 230 Å². The molecule has 0 heterocycles. The van der Waals surface area contributed by atoms with Gasteiger partial charge in [-0.15, -0.1) is 0 Å². The maximum atomic E-state index is 12.7. The van der Waals surface area contributed by atoms with Gasteiger partial charge in [0.25, 0.3) is 0 Å². The van der Waals surface area contributed by atoms with Gasteiger partial charge in [0.1, 0.15) is 23.2 Å². The maximum Gasteiger partial charge on any atom is 0.341 e. The first-order valence-electron chi connectivity index (χ1n) is 11.5. The molecule has 4 rings (SSSR count). The topological polar surface area (TPSA) is 85.9 Å². The molecule has 4 aromatic rings. The van der Waals surface area contributed by atoms with Crippen molar-refractivity contribution in [1.82, 2.24) is 0 Å². The molecule has 4 aromatic carbocycles. The molecule has 194 valence electrons. The molecular weight excluding hydrogens is 527 g/mol. The number of ether oxygens (including phenoxy) is 3. The van der Waals surface area contributed by atoms with Crippen LogP contribution in [0.3, 0.4) is 0 Å². The van der Waals surface area contributed by atoms with Crippen LogP contribution >= 0.6 is 23.2 Å². The van der Waals surface area contributed by atoms with Crippen molar-refractivity contribution in [3.05, 3.63) is 118 Å². The van der Waals surface area contributed by atoms with Crippen LogP contribution in [0.4, 0.5) is 16.2 Å².